The van der Waals surface area contributed by atoms with Crippen LogP contribution in [0.5, 0.6) is 5.88 Å². The summed E-state index contributed by atoms with van der Waals surface area (Å²) in [6.45, 7) is 6.07. The third kappa shape index (κ3) is 2.99. The van der Waals surface area contributed by atoms with Gasteiger partial charge in [-0.1, -0.05) is 0 Å². The first-order valence-electron chi connectivity index (χ1n) is 9.69. The molecule has 0 saturated carbocycles. The first-order chi connectivity index (χ1) is 14.3. The molecule has 1 aliphatic rings. The van der Waals surface area contributed by atoms with Crippen molar-refractivity contribution in [3.05, 3.63) is 47.3 Å². The van der Waals surface area contributed by atoms with Crippen molar-refractivity contribution in [3.63, 3.8) is 0 Å². The molecule has 0 bridgehead atoms. The van der Waals surface area contributed by atoms with Crippen molar-refractivity contribution in [2.75, 3.05) is 37.7 Å². The SMILES string of the molecule is CCOc1ncnc2[nH]c(=O)n(-c3ccc4nccc(N5CCNCC5)c4c3)c12. The van der Waals surface area contributed by atoms with Gasteiger partial charge >= 0.3 is 5.69 Å². The van der Waals surface area contributed by atoms with Gasteiger partial charge in [-0.3, -0.25) is 14.5 Å². The molecule has 1 aliphatic heterocycles. The maximum Gasteiger partial charge on any atom is 0.332 e. The molecule has 0 atom stereocenters. The van der Waals surface area contributed by atoms with E-state index in [9.17, 15) is 4.79 Å². The Bertz CT molecular complexity index is 1240. The number of ether oxygens (including phenoxy) is 1. The van der Waals surface area contributed by atoms with E-state index in [1.54, 1.807) is 4.57 Å². The van der Waals surface area contributed by atoms with Gasteiger partial charge in [-0.25, -0.2) is 9.78 Å². The third-order valence-electron chi connectivity index (χ3n) is 5.14. The summed E-state index contributed by atoms with van der Waals surface area (Å²) in [5.74, 6) is 0.379. The van der Waals surface area contributed by atoms with Gasteiger partial charge in [0.1, 0.15) is 6.33 Å². The minimum absolute atomic E-state index is 0.284. The van der Waals surface area contributed by atoms with E-state index in [4.69, 9.17) is 4.74 Å². The number of imidazole rings is 1. The van der Waals surface area contributed by atoms with E-state index >= 15 is 0 Å². The van der Waals surface area contributed by atoms with Crippen molar-refractivity contribution in [2.45, 2.75) is 6.92 Å². The van der Waals surface area contributed by atoms with Gasteiger partial charge in [0, 0.05) is 43.4 Å². The number of aromatic amines is 1. The maximum absolute atomic E-state index is 12.8. The van der Waals surface area contributed by atoms with E-state index in [1.165, 1.54) is 6.33 Å². The number of pyridine rings is 1. The standard InChI is InChI=1S/C20H21N7O2/c1-2-29-19-17-18(23-12-24-19)25-20(28)27(17)13-3-4-15-14(11-13)16(5-6-22-15)26-9-7-21-8-10-26/h3-6,11-12,21H,2,7-10H2,1H3,(H,23,24,25,28). The Labute approximate surface area is 166 Å². The average molecular weight is 391 g/mol. The predicted molar refractivity (Wildman–Crippen MR) is 111 cm³/mol. The molecule has 29 heavy (non-hydrogen) atoms. The highest BCUT2D eigenvalue weighted by atomic mass is 16.5. The number of anilines is 1. The van der Waals surface area contributed by atoms with E-state index in [-0.39, 0.29) is 5.69 Å². The summed E-state index contributed by atoms with van der Waals surface area (Å²) in [7, 11) is 0. The lowest BCUT2D eigenvalue weighted by Crippen LogP contribution is -2.43. The van der Waals surface area contributed by atoms with Crippen molar-refractivity contribution in [2.24, 2.45) is 0 Å². The number of hydrogen-bond donors (Lipinski definition) is 2. The third-order valence-corrected chi connectivity index (χ3v) is 5.14. The summed E-state index contributed by atoms with van der Waals surface area (Å²) in [5, 5.41) is 4.38. The van der Waals surface area contributed by atoms with Gasteiger partial charge in [-0.05, 0) is 31.2 Å². The van der Waals surface area contributed by atoms with Crippen LogP contribution < -0.4 is 20.6 Å². The molecule has 3 aromatic heterocycles. The van der Waals surface area contributed by atoms with Gasteiger partial charge in [0.15, 0.2) is 11.2 Å². The van der Waals surface area contributed by atoms with Crippen molar-refractivity contribution in [3.8, 4) is 11.6 Å². The summed E-state index contributed by atoms with van der Waals surface area (Å²) in [6, 6.07) is 7.85. The molecule has 4 heterocycles. The molecule has 5 rings (SSSR count). The highest BCUT2D eigenvalue weighted by Gasteiger charge is 2.18. The highest BCUT2D eigenvalue weighted by molar-refractivity contribution is 5.93. The van der Waals surface area contributed by atoms with Gasteiger partial charge in [-0.2, -0.15) is 4.98 Å². The topological polar surface area (TPSA) is 101 Å². The van der Waals surface area contributed by atoms with Crippen molar-refractivity contribution in [1.82, 2.24) is 29.8 Å². The molecule has 4 aromatic rings. The second-order valence-corrected chi connectivity index (χ2v) is 6.84. The molecule has 0 aliphatic carbocycles. The second-order valence-electron chi connectivity index (χ2n) is 6.84. The molecule has 1 fully saturated rings. The van der Waals surface area contributed by atoms with Crippen molar-refractivity contribution < 1.29 is 4.74 Å². The molecule has 0 amide bonds. The molecular formula is C20H21N7O2. The smallest absolute Gasteiger partial charge is 0.332 e. The maximum atomic E-state index is 12.8. The Hall–Kier alpha value is -3.46. The number of benzene rings is 1. The van der Waals surface area contributed by atoms with Gasteiger partial charge < -0.3 is 15.0 Å². The molecule has 1 saturated heterocycles. The number of fused-ring (bicyclic) bond motifs is 2. The lowest BCUT2D eigenvalue weighted by atomic mass is 10.1. The molecule has 148 valence electrons. The van der Waals surface area contributed by atoms with E-state index in [0.29, 0.717) is 29.3 Å². The van der Waals surface area contributed by atoms with Gasteiger partial charge in [0.05, 0.1) is 17.8 Å². The normalized spacial score (nSPS) is 14.6. The molecule has 0 radical (unpaired) electrons. The van der Waals surface area contributed by atoms with Crippen LogP contribution >= 0.6 is 0 Å². The van der Waals surface area contributed by atoms with E-state index in [1.807, 2.05) is 37.4 Å². The van der Waals surface area contributed by atoms with Crippen LogP contribution in [0, 0.1) is 0 Å². The summed E-state index contributed by atoms with van der Waals surface area (Å²) in [5.41, 5.74) is 3.42. The second kappa shape index (κ2) is 7.17. The first-order valence-corrected chi connectivity index (χ1v) is 9.69. The van der Waals surface area contributed by atoms with Crippen LogP contribution in [0.3, 0.4) is 0 Å². The molecule has 1 aromatic carbocycles. The van der Waals surface area contributed by atoms with Crippen LogP contribution in [0.2, 0.25) is 0 Å². The first kappa shape index (κ1) is 17.6. The number of hydrogen-bond acceptors (Lipinski definition) is 7. The fraction of sp³-hybridized carbons (Fsp3) is 0.300. The lowest BCUT2D eigenvalue weighted by Gasteiger charge is -2.30. The zero-order chi connectivity index (χ0) is 19.8. The summed E-state index contributed by atoms with van der Waals surface area (Å²) in [4.78, 5) is 30.8. The summed E-state index contributed by atoms with van der Waals surface area (Å²) < 4.78 is 7.21. The molecule has 9 heteroatoms. The quantitative estimate of drug-likeness (QED) is 0.543. The van der Waals surface area contributed by atoms with Crippen LogP contribution in [0.15, 0.2) is 41.6 Å². The number of nitrogens with one attached hydrogen (secondary N) is 2. The monoisotopic (exact) mass is 391 g/mol. The Balaban J connectivity index is 1.72. The Morgan fingerprint density at radius 3 is 2.83 bits per heavy atom. The molecule has 0 unspecified atom stereocenters. The van der Waals surface area contributed by atoms with Crippen LogP contribution in [-0.4, -0.2) is 57.3 Å². The largest absolute Gasteiger partial charge is 0.476 e. The number of H-pyrrole nitrogens is 1. The predicted octanol–water partition coefficient (Wildman–Crippen LogP) is 1.47. The Kier molecular flexibility index (Phi) is 4.36. The van der Waals surface area contributed by atoms with Gasteiger partial charge in [-0.15, -0.1) is 0 Å². The molecule has 0 spiro atoms. The van der Waals surface area contributed by atoms with Gasteiger partial charge in [0.2, 0.25) is 5.88 Å². The summed E-state index contributed by atoms with van der Waals surface area (Å²) in [6.07, 6.45) is 3.22. The van der Waals surface area contributed by atoms with Gasteiger partial charge in [0.25, 0.3) is 0 Å². The number of aromatic nitrogens is 5. The minimum Gasteiger partial charge on any atom is -0.476 e. The number of nitrogens with zero attached hydrogens (tertiary/aromatic N) is 5. The lowest BCUT2D eigenvalue weighted by molar-refractivity contribution is 0.329. The van der Waals surface area contributed by atoms with Crippen molar-refractivity contribution >= 4 is 27.8 Å². The van der Waals surface area contributed by atoms with E-state index in [2.05, 4.69) is 30.2 Å². The Morgan fingerprint density at radius 2 is 2.00 bits per heavy atom. The fourth-order valence-electron chi connectivity index (χ4n) is 3.84. The summed E-state index contributed by atoms with van der Waals surface area (Å²) >= 11 is 0. The molecule has 9 nitrogen and oxygen atoms in total. The fourth-order valence-corrected chi connectivity index (χ4v) is 3.84. The average Bonchev–Trinajstić information content (AvgIpc) is 3.10. The Morgan fingerprint density at radius 1 is 1.14 bits per heavy atom. The zero-order valence-electron chi connectivity index (χ0n) is 16.1. The minimum atomic E-state index is -0.284. The van der Waals surface area contributed by atoms with Crippen LogP contribution in [0.1, 0.15) is 6.92 Å². The van der Waals surface area contributed by atoms with Crippen molar-refractivity contribution in [1.29, 1.82) is 0 Å². The molecular weight excluding hydrogens is 370 g/mol. The number of rotatable bonds is 4. The zero-order valence-corrected chi connectivity index (χ0v) is 16.1. The van der Waals surface area contributed by atoms with E-state index < -0.39 is 0 Å². The van der Waals surface area contributed by atoms with Crippen LogP contribution in [0.25, 0.3) is 27.8 Å². The van der Waals surface area contributed by atoms with E-state index in [0.717, 1.165) is 42.8 Å². The van der Waals surface area contributed by atoms with Crippen LogP contribution in [0.4, 0.5) is 5.69 Å². The number of piperazine rings is 1. The molecule has 2 N–H and O–H groups in total. The van der Waals surface area contributed by atoms with Crippen LogP contribution in [-0.2, 0) is 0 Å². The highest BCUT2D eigenvalue weighted by Crippen LogP contribution is 2.29.